The van der Waals surface area contributed by atoms with E-state index in [4.69, 9.17) is 14.2 Å². The number of carbonyl (C=O) groups excluding carboxylic acids is 2. The number of rotatable bonds is 13. The lowest BCUT2D eigenvalue weighted by Crippen LogP contribution is -2.50. The number of hydrogen-bond donors (Lipinski definition) is 4. The van der Waals surface area contributed by atoms with Gasteiger partial charge in [-0.3, -0.25) is 9.59 Å². The average Bonchev–Trinajstić information content (AvgIpc) is 3.47. The van der Waals surface area contributed by atoms with Crippen molar-refractivity contribution < 1.29 is 23.8 Å². The summed E-state index contributed by atoms with van der Waals surface area (Å²) in [5, 5.41) is 22.0. The van der Waals surface area contributed by atoms with E-state index in [0.29, 0.717) is 64.1 Å². The fourth-order valence-electron chi connectivity index (χ4n) is 3.78. The first-order valence-electron chi connectivity index (χ1n) is 13.1. The van der Waals surface area contributed by atoms with Crippen LogP contribution in [0.5, 0.6) is 11.6 Å². The molecule has 220 valence electrons. The van der Waals surface area contributed by atoms with Crippen LogP contribution < -0.4 is 30.7 Å². The minimum atomic E-state index is -0.512. The van der Waals surface area contributed by atoms with Crippen molar-refractivity contribution in [3.05, 3.63) is 52.7 Å². The predicted molar refractivity (Wildman–Crippen MR) is 171 cm³/mol. The predicted octanol–water partition coefficient (Wildman–Crippen LogP) is -0.489. The zero-order chi connectivity index (χ0) is 31.0. The highest BCUT2D eigenvalue weighted by atomic mass is 32.1. The molecule has 0 bridgehead atoms. The molecule has 3 aromatic heterocycles. The molecule has 2 amide bonds. The van der Waals surface area contributed by atoms with E-state index >= 15 is 0 Å². The molecular formula is C25H30B3N9O5S. The number of methoxy groups -OCH3 is 3. The number of hydrogen-bond acceptors (Lipinski definition) is 13. The van der Waals surface area contributed by atoms with Gasteiger partial charge in [-0.25, -0.2) is 15.0 Å². The lowest BCUT2D eigenvalue weighted by atomic mass is 9.49. The number of benzene rings is 1. The van der Waals surface area contributed by atoms with Crippen LogP contribution in [0.2, 0.25) is 0 Å². The van der Waals surface area contributed by atoms with Crippen molar-refractivity contribution in [3.8, 4) is 22.9 Å². The van der Waals surface area contributed by atoms with Crippen LogP contribution in [0.15, 0.2) is 42.0 Å². The Morgan fingerprint density at radius 3 is 2.44 bits per heavy atom. The second kappa shape index (κ2) is 14.0. The quantitative estimate of drug-likeness (QED) is 0.115. The summed E-state index contributed by atoms with van der Waals surface area (Å²) in [5.41, 5.74) is 2.16. The summed E-state index contributed by atoms with van der Waals surface area (Å²) in [7, 11) is 10.2. The number of anilines is 4. The highest BCUT2D eigenvalue weighted by Gasteiger charge is 2.23. The number of nitrogens with zero attached hydrogens (tertiary/aromatic N) is 5. The van der Waals surface area contributed by atoms with Gasteiger partial charge in [-0.15, -0.1) is 21.5 Å². The van der Waals surface area contributed by atoms with Crippen molar-refractivity contribution in [2.24, 2.45) is 0 Å². The Labute approximate surface area is 255 Å². The van der Waals surface area contributed by atoms with Crippen LogP contribution in [0.25, 0.3) is 11.3 Å². The highest BCUT2D eigenvalue weighted by molar-refractivity contribution is 7.12. The van der Waals surface area contributed by atoms with E-state index in [-0.39, 0.29) is 11.6 Å². The molecule has 1 aromatic carbocycles. The molecule has 4 N–H and O–H groups in total. The van der Waals surface area contributed by atoms with Gasteiger partial charge in [0.2, 0.25) is 5.88 Å². The second-order valence-electron chi connectivity index (χ2n) is 10.1. The number of aromatic nitrogens is 5. The van der Waals surface area contributed by atoms with Crippen LogP contribution in [0, 0.1) is 0 Å². The van der Waals surface area contributed by atoms with Gasteiger partial charge in [0, 0.05) is 30.7 Å². The molecule has 4 aromatic rings. The Hall–Kier alpha value is -4.70. The third-order valence-corrected chi connectivity index (χ3v) is 6.49. The largest absolute Gasteiger partial charge is 0.494 e. The molecule has 0 aliphatic rings. The first-order chi connectivity index (χ1) is 20.6. The van der Waals surface area contributed by atoms with E-state index < -0.39 is 11.1 Å². The van der Waals surface area contributed by atoms with Crippen LogP contribution in [-0.2, 0) is 4.74 Å². The summed E-state index contributed by atoms with van der Waals surface area (Å²) in [6.45, 7) is 0.774. The number of thiazole rings is 1. The first-order valence-corrected chi connectivity index (χ1v) is 14.0. The maximum Gasteiger partial charge on any atom is 0.280 e. The second-order valence-corrected chi connectivity index (χ2v) is 10.9. The van der Waals surface area contributed by atoms with Crippen LogP contribution in [0.3, 0.4) is 0 Å². The summed E-state index contributed by atoms with van der Waals surface area (Å²) in [6, 6.07) is 7.07. The lowest BCUT2D eigenvalue weighted by molar-refractivity contribution is 0.0932. The van der Waals surface area contributed by atoms with Crippen LogP contribution in [0.4, 0.5) is 23.0 Å². The molecule has 0 aliphatic carbocycles. The van der Waals surface area contributed by atoms with E-state index in [2.05, 4.69) is 46.4 Å². The summed E-state index contributed by atoms with van der Waals surface area (Å²) < 4.78 is 15.8. The summed E-state index contributed by atoms with van der Waals surface area (Å²) in [6.07, 6.45) is 2.95. The fraction of sp³-hybridized carbons (Fsp3) is 0.240. The lowest BCUT2D eigenvalue weighted by Gasteiger charge is -2.22. The molecule has 18 heteroatoms. The molecule has 14 nitrogen and oxygen atoms in total. The Morgan fingerprint density at radius 1 is 0.953 bits per heavy atom. The summed E-state index contributed by atoms with van der Waals surface area (Å²) in [5.74, 6) is 0.816. The van der Waals surface area contributed by atoms with Gasteiger partial charge in [0.25, 0.3) is 11.8 Å². The SMILES string of the molecule is BC(B)(B)NC(=O)c1nnc(Nc2cnc(OC)cn2)cc1Nc1cccc(-c2csc(C(=O)NCCOC)n2)c1OC. The maximum absolute atomic E-state index is 13.2. The van der Waals surface area contributed by atoms with Gasteiger partial charge in [0.15, 0.2) is 22.3 Å². The molecule has 3 heterocycles. The van der Waals surface area contributed by atoms with E-state index in [9.17, 15) is 9.59 Å². The van der Waals surface area contributed by atoms with Gasteiger partial charge in [0.1, 0.15) is 29.4 Å². The first kappa shape index (κ1) is 31.2. The molecule has 0 aliphatic heterocycles. The Morgan fingerprint density at radius 2 is 1.77 bits per heavy atom. The normalized spacial score (nSPS) is 11.0. The van der Waals surface area contributed by atoms with E-state index in [0.717, 1.165) is 0 Å². The Bertz CT molecular complexity index is 1590. The smallest absolute Gasteiger partial charge is 0.280 e. The van der Waals surface area contributed by atoms with Crippen molar-refractivity contribution >= 4 is 69.7 Å². The van der Waals surface area contributed by atoms with Crippen LogP contribution >= 0.6 is 11.3 Å². The third-order valence-electron chi connectivity index (χ3n) is 5.65. The van der Waals surface area contributed by atoms with E-state index in [1.165, 1.54) is 38.0 Å². The molecule has 0 fully saturated rings. The molecule has 0 radical (unpaired) electrons. The minimum Gasteiger partial charge on any atom is -0.494 e. The standard InChI is InChI=1S/C25H30B3N9O5S/c1-40-8-7-29-23(39)24-33-16(12-43-24)13-5-4-6-14(21(13)42-3)32-15-9-17(34-18-10-31-19(41-2)11-30-18)36-37-20(15)22(38)35-25(26,27)28/h4-6,9-12H,7-8,26-28H2,1-3H3,(H,29,39)(H,35,38)(H2,30,32,34,36). The topological polar surface area (TPSA) is 174 Å². The van der Waals surface area contributed by atoms with E-state index in [1.807, 2.05) is 35.7 Å². The molecule has 0 spiro atoms. The minimum absolute atomic E-state index is 0.0671. The molecule has 0 saturated carbocycles. The molecule has 0 atom stereocenters. The number of carbonyl (C=O) groups is 2. The molecule has 0 unspecified atom stereocenters. The van der Waals surface area contributed by atoms with Gasteiger partial charge in [0.05, 0.1) is 50.3 Å². The van der Waals surface area contributed by atoms with Crippen molar-refractivity contribution in [1.29, 1.82) is 0 Å². The Balaban J connectivity index is 1.68. The van der Waals surface area contributed by atoms with Crippen molar-refractivity contribution in [3.63, 3.8) is 0 Å². The van der Waals surface area contributed by atoms with Gasteiger partial charge in [-0.1, -0.05) is 6.07 Å². The third kappa shape index (κ3) is 8.20. The molecule has 43 heavy (non-hydrogen) atoms. The zero-order valence-electron chi connectivity index (χ0n) is 24.6. The van der Waals surface area contributed by atoms with Crippen molar-refractivity contribution in [2.45, 2.75) is 5.24 Å². The van der Waals surface area contributed by atoms with Crippen molar-refractivity contribution in [1.82, 2.24) is 35.8 Å². The number of amides is 2. The van der Waals surface area contributed by atoms with Crippen LogP contribution in [-0.4, -0.2) is 100 Å². The summed E-state index contributed by atoms with van der Waals surface area (Å²) >= 11 is 1.22. The summed E-state index contributed by atoms with van der Waals surface area (Å²) in [4.78, 5) is 38.6. The maximum atomic E-state index is 13.2. The average molecular weight is 601 g/mol. The van der Waals surface area contributed by atoms with Crippen molar-refractivity contribution in [2.75, 3.05) is 45.1 Å². The highest BCUT2D eigenvalue weighted by Crippen LogP contribution is 2.38. The van der Waals surface area contributed by atoms with E-state index in [1.54, 1.807) is 24.6 Å². The number of para-hydroxylation sites is 1. The molecular weight excluding hydrogens is 571 g/mol. The Kier molecular flexibility index (Phi) is 10.2. The van der Waals surface area contributed by atoms with Gasteiger partial charge < -0.3 is 35.5 Å². The fourth-order valence-corrected chi connectivity index (χ4v) is 4.51. The molecule has 4 rings (SSSR count). The number of nitrogens with one attached hydrogen (secondary N) is 4. The monoisotopic (exact) mass is 601 g/mol. The zero-order valence-corrected chi connectivity index (χ0v) is 25.5. The molecule has 0 saturated heterocycles. The van der Waals surface area contributed by atoms with Gasteiger partial charge in [-0.05, 0) is 17.4 Å². The van der Waals surface area contributed by atoms with Gasteiger partial charge in [-0.2, -0.15) is 0 Å². The number of ether oxygens (including phenoxy) is 3. The van der Waals surface area contributed by atoms with Gasteiger partial charge >= 0.3 is 0 Å². The van der Waals surface area contributed by atoms with Crippen LogP contribution in [0.1, 0.15) is 20.3 Å².